The van der Waals surface area contributed by atoms with Gasteiger partial charge in [0.2, 0.25) is 0 Å². The summed E-state index contributed by atoms with van der Waals surface area (Å²) >= 11 is 0. The molecule has 0 aliphatic heterocycles. The van der Waals surface area contributed by atoms with Crippen LogP contribution in [-0.2, 0) is 6.54 Å². The first-order valence-electron chi connectivity index (χ1n) is 11.6. The third kappa shape index (κ3) is 4.33. The van der Waals surface area contributed by atoms with Crippen molar-refractivity contribution in [2.24, 2.45) is 0 Å². The van der Waals surface area contributed by atoms with Gasteiger partial charge in [-0.2, -0.15) is 0 Å². The van der Waals surface area contributed by atoms with Crippen LogP contribution < -0.4 is 15.6 Å². The molecule has 5 aromatic rings. The molecule has 0 spiro atoms. The van der Waals surface area contributed by atoms with E-state index in [1.165, 1.54) is 0 Å². The summed E-state index contributed by atoms with van der Waals surface area (Å²) in [6.45, 7) is 7.95. The number of pyridine rings is 3. The van der Waals surface area contributed by atoms with E-state index in [9.17, 15) is 4.79 Å². The highest BCUT2D eigenvalue weighted by molar-refractivity contribution is 5.91. The Kier molecular flexibility index (Phi) is 6.01. The number of fused-ring (bicyclic) bond motifs is 1. The average molecular weight is 482 g/mol. The van der Waals surface area contributed by atoms with E-state index in [0.717, 1.165) is 50.5 Å². The van der Waals surface area contributed by atoms with Crippen LogP contribution in [0.3, 0.4) is 0 Å². The molecule has 0 aliphatic carbocycles. The average Bonchev–Trinajstić information content (AvgIpc) is 3.18. The summed E-state index contributed by atoms with van der Waals surface area (Å²) in [6.07, 6.45) is 1.73. The lowest BCUT2D eigenvalue weighted by molar-refractivity contribution is 0.393. The van der Waals surface area contributed by atoms with Gasteiger partial charge >= 0.3 is 0 Å². The Morgan fingerprint density at radius 1 is 1.03 bits per heavy atom. The number of anilines is 2. The molecule has 0 fully saturated rings. The van der Waals surface area contributed by atoms with Crippen LogP contribution in [0.2, 0.25) is 0 Å². The summed E-state index contributed by atoms with van der Waals surface area (Å²) in [5.74, 6) is 1.33. The molecule has 0 saturated carbocycles. The molecule has 8 nitrogen and oxygen atoms in total. The maximum atomic E-state index is 13.8. The Bertz CT molecular complexity index is 1600. The predicted octanol–water partition coefficient (Wildman–Crippen LogP) is 5.48. The van der Waals surface area contributed by atoms with Gasteiger partial charge in [-0.25, -0.2) is 0 Å². The van der Waals surface area contributed by atoms with Crippen LogP contribution in [0.25, 0.3) is 22.0 Å². The first kappa shape index (κ1) is 23.3. The lowest BCUT2D eigenvalue weighted by Crippen LogP contribution is -2.24. The van der Waals surface area contributed by atoms with Crippen molar-refractivity contribution in [3.05, 3.63) is 93.6 Å². The number of rotatable bonds is 6. The zero-order chi connectivity index (χ0) is 25.4. The number of aryl methyl sites for hydroxylation is 4. The predicted molar refractivity (Wildman–Crippen MR) is 140 cm³/mol. The molecule has 0 aliphatic rings. The summed E-state index contributed by atoms with van der Waals surface area (Å²) in [4.78, 5) is 22.7. The topological polar surface area (TPSA) is 95.1 Å². The van der Waals surface area contributed by atoms with Crippen LogP contribution in [0, 0.1) is 27.7 Å². The van der Waals surface area contributed by atoms with Crippen molar-refractivity contribution in [3.63, 3.8) is 0 Å². The second kappa shape index (κ2) is 9.30. The number of aromatic nitrogens is 4. The lowest BCUT2D eigenvalue weighted by atomic mass is 10.00. The molecular weight excluding hydrogens is 454 g/mol. The SMILES string of the molecule is COc1cc2c(cc1-c1c(C)noc1C)cc(Nc1cc(C)nc(C)c1)c(=O)n2Cc1ccccn1. The number of hydrogen-bond acceptors (Lipinski definition) is 7. The first-order chi connectivity index (χ1) is 17.3. The van der Waals surface area contributed by atoms with E-state index in [1.54, 1.807) is 17.9 Å². The molecule has 0 amide bonds. The van der Waals surface area contributed by atoms with Gasteiger partial charge in [-0.3, -0.25) is 14.8 Å². The Hall–Kier alpha value is -4.46. The quantitative estimate of drug-likeness (QED) is 0.343. The summed E-state index contributed by atoms with van der Waals surface area (Å²) in [7, 11) is 1.62. The van der Waals surface area contributed by atoms with Gasteiger partial charge in [-0.15, -0.1) is 0 Å². The van der Waals surface area contributed by atoms with Gasteiger partial charge < -0.3 is 19.1 Å². The van der Waals surface area contributed by atoms with Crippen LogP contribution in [0.15, 0.2) is 64.0 Å². The van der Waals surface area contributed by atoms with E-state index >= 15 is 0 Å². The van der Waals surface area contributed by atoms with Crippen LogP contribution in [0.5, 0.6) is 5.75 Å². The third-order valence-corrected chi connectivity index (χ3v) is 6.12. The van der Waals surface area contributed by atoms with Gasteiger partial charge in [0.25, 0.3) is 5.56 Å². The largest absolute Gasteiger partial charge is 0.496 e. The minimum atomic E-state index is -0.160. The Labute approximate surface area is 208 Å². The molecule has 8 heteroatoms. The Morgan fingerprint density at radius 3 is 2.44 bits per heavy atom. The van der Waals surface area contributed by atoms with E-state index < -0.39 is 0 Å². The normalized spacial score (nSPS) is 11.1. The molecule has 36 heavy (non-hydrogen) atoms. The van der Waals surface area contributed by atoms with Gasteiger partial charge in [0.05, 0.1) is 36.1 Å². The standard InChI is InChI=1S/C28H27N5O3/c1-16-10-22(11-17(2)30-16)31-24-13-20-12-23(27-18(3)32-36-19(27)4)26(35-5)14-25(20)33(28(24)34)15-21-8-6-7-9-29-21/h6-14H,15H2,1-5H3,(H,30,31). The molecule has 5 rings (SSSR count). The first-order valence-corrected chi connectivity index (χ1v) is 11.6. The number of methoxy groups -OCH3 is 1. The van der Waals surface area contributed by atoms with Crippen LogP contribution in [0.1, 0.15) is 28.5 Å². The van der Waals surface area contributed by atoms with Crippen molar-refractivity contribution in [2.75, 3.05) is 12.4 Å². The van der Waals surface area contributed by atoms with E-state index in [4.69, 9.17) is 9.26 Å². The van der Waals surface area contributed by atoms with Crippen molar-refractivity contribution in [1.29, 1.82) is 0 Å². The fourth-order valence-electron chi connectivity index (χ4n) is 4.60. The fourth-order valence-corrected chi connectivity index (χ4v) is 4.60. The monoisotopic (exact) mass is 481 g/mol. The zero-order valence-corrected chi connectivity index (χ0v) is 20.9. The fraction of sp³-hybridized carbons (Fsp3) is 0.214. The summed E-state index contributed by atoms with van der Waals surface area (Å²) < 4.78 is 12.9. The number of nitrogens with zero attached hydrogens (tertiary/aromatic N) is 4. The smallest absolute Gasteiger partial charge is 0.275 e. The summed E-state index contributed by atoms with van der Waals surface area (Å²) in [5.41, 5.74) is 6.87. The second-order valence-electron chi connectivity index (χ2n) is 8.84. The van der Waals surface area contributed by atoms with Crippen molar-refractivity contribution in [3.8, 4) is 16.9 Å². The van der Waals surface area contributed by atoms with Crippen molar-refractivity contribution >= 4 is 22.3 Å². The van der Waals surface area contributed by atoms with Gasteiger partial charge in [-0.1, -0.05) is 11.2 Å². The van der Waals surface area contributed by atoms with Gasteiger partial charge in [-0.05, 0) is 64.1 Å². The maximum absolute atomic E-state index is 13.8. The summed E-state index contributed by atoms with van der Waals surface area (Å²) in [6, 6.07) is 15.3. The van der Waals surface area contributed by atoms with E-state index in [0.29, 0.717) is 23.7 Å². The maximum Gasteiger partial charge on any atom is 0.275 e. The molecule has 1 aromatic carbocycles. The third-order valence-electron chi connectivity index (χ3n) is 6.12. The van der Waals surface area contributed by atoms with E-state index in [-0.39, 0.29) is 5.56 Å². The molecule has 4 heterocycles. The minimum Gasteiger partial charge on any atom is -0.496 e. The van der Waals surface area contributed by atoms with Gasteiger partial charge in [0.15, 0.2) is 0 Å². The molecule has 0 atom stereocenters. The molecule has 0 unspecified atom stereocenters. The lowest BCUT2D eigenvalue weighted by Gasteiger charge is -2.17. The molecule has 182 valence electrons. The number of benzene rings is 1. The van der Waals surface area contributed by atoms with Crippen molar-refractivity contribution in [2.45, 2.75) is 34.2 Å². The number of nitrogens with one attached hydrogen (secondary N) is 1. The van der Waals surface area contributed by atoms with Crippen LogP contribution in [0.4, 0.5) is 11.4 Å². The van der Waals surface area contributed by atoms with Crippen molar-refractivity contribution < 1.29 is 9.26 Å². The van der Waals surface area contributed by atoms with Crippen molar-refractivity contribution in [1.82, 2.24) is 19.7 Å². The molecule has 0 saturated heterocycles. The number of ether oxygens (including phenoxy) is 1. The zero-order valence-electron chi connectivity index (χ0n) is 20.9. The molecule has 0 bridgehead atoms. The Morgan fingerprint density at radius 2 is 1.81 bits per heavy atom. The van der Waals surface area contributed by atoms with Gasteiger partial charge in [0, 0.05) is 40.3 Å². The van der Waals surface area contributed by atoms with E-state index in [2.05, 4.69) is 20.4 Å². The molecule has 0 radical (unpaired) electrons. The second-order valence-corrected chi connectivity index (χ2v) is 8.84. The Balaban J connectivity index is 1.76. The van der Waals surface area contributed by atoms with Crippen LogP contribution >= 0.6 is 0 Å². The van der Waals surface area contributed by atoms with Crippen LogP contribution in [-0.4, -0.2) is 26.8 Å². The highest BCUT2D eigenvalue weighted by Gasteiger charge is 2.20. The van der Waals surface area contributed by atoms with Gasteiger partial charge in [0.1, 0.15) is 17.2 Å². The van der Waals surface area contributed by atoms with E-state index in [1.807, 2.05) is 76.2 Å². The summed E-state index contributed by atoms with van der Waals surface area (Å²) in [5, 5.41) is 8.30. The highest BCUT2D eigenvalue weighted by atomic mass is 16.5. The molecule has 1 N–H and O–H groups in total. The highest BCUT2D eigenvalue weighted by Crippen LogP contribution is 2.38. The minimum absolute atomic E-state index is 0.160. The molecule has 4 aromatic heterocycles. The molecular formula is C28H27N5O3. The number of hydrogen-bond donors (Lipinski definition) is 1.